The van der Waals surface area contributed by atoms with Gasteiger partial charge in [-0.05, 0) is 30.7 Å². The van der Waals surface area contributed by atoms with Gasteiger partial charge in [0, 0.05) is 12.6 Å². The summed E-state index contributed by atoms with van der Waals surface area (Å²) in [6.45, 7) is 12.4. The highest BCUT2D eigenvalue weighted by atomic mass is 14.9. The normalized spacial score (nSPS) is 14.8. The zero-order valence-corrected chi connectivity index (χ0v) is 12.7. The molecule has 0 fully saturated rings. The Kier molecular flexibility index (Phi) is 6.42. The Morgan fingerprint density at radius 2 is 1.89 bits per heavy atom. The molecule has 0 aliphatic heterocycles. The van der Waals surface area contributed by atoms with E-state index in [0.717, 1.165) is 12.5 Å². The van der Waals surface area contributed by atoms with Gasteiger partial charge in [0.05, 0.1) is 0 Å². The van der Waals surface area contributed by atoms with Gasteiger partial charge in [-0.25, -0.2) is 0 Å². The van der Waals surface area contributed by atoms with E-state index in [2.05, 4.69) is 64.2 Å². The van der Waals surface area contributed by atoms with Crippen LogP contribution in [0.4, 0.5) is 0 Å². The summed E-state index contributed by atoms with van der Waals surface area (Å²) < 4.78 is 0. The third kappa shape index (κ3) is 5.22. The molecule has 18 heavy (non-hydrogen) atoms. The highest BCUT2D eigenvalue weighted by molar-refractivity contribution is 5.25. The molecule has 1 heteroatoms. The van der Waals surface area contributed by atoms with Crippen LogP contribution in [0.3, 0.4) is 0 Å². The molecule has 0 aromatic heterocycles. The Morgan fingerprint density at radius 3 is 2.44 bits per heavy atom. The van der Waals surface area contributed by atoms with Crippen molar-refractivity contribution < 1.29 is 0 Å². The second-order valence-corrected chi connectivity index (χ2v) is 5.92. The molecule has 1 N–H and O–H groups in total. The lowest BCUT2D eigenvalue weighted by Gasteiger charge is -2.23. The summed E-state index contributed by atoms with van der Waals surface area (Å²) in [6, 6.07) is 9.55. The molecule has 102 valence electrons. The fourth-order valence-corrected chi connectivity index (χ4v) is 2.29. The van der Waals surface area contributed by atoms with Crippen molar-refractivity contribution in [3.05, 3.63) is 35.4 Å². The third-order valence-corrected chi connectivity index (χ3v) is 3.67. The summed E-state index contributed by atoms with van der Waals surface area (Å²) in [4.78, 5) is 0. The highest BCUT2D eigenvalue weighted by Gasteiger charge is 2.15. The quantitative estimate of drug-likeness (QED) is 0.747. The lowest BCUT2D eigenvalue weighted by atomic mass is 9.87. The summed E-state index contributed by atoms with van der Waals surface area (Å²) in [6.07, 6.45) is 2.55. The molecule has 0 spiro atoms. The molecule has 0 saturated carbocycles. The second kappa shape index (κ2) is 7.58. The average Bonchev–Trinajstić information content (AvgIpc) is 2.33. The van der Waals surface area contributed by atoms with Crippen LogP contribution in [0.5, 0.6) is 0 Å². The van der Waals surface area contributed by atoms with Crippen molar-refractivity contribution in [1.29, 1.82) is 0 Å². The van der Waals surface area contributed by atoms with Crippen molar-refractivity contribution in [2.24, 2.45) is 5.92 Å². The predicted molar refractivity (Wildman–Crippen MR) is 81.1 cm³/mol. The van der Waals surface area contributed by atoms with E-state index in [-0.39, 0.29) is 0 Å². The molecule has 0 heterocycles. The van der Waals surface area contributed by atoms with E-state index in [0.29, 0.717) is 12.0 Å². The fraction of sp³-hybridized carbons (Fsp3) is 0.647. The maximum Gasteiger partial charge on any atom is 0.00226 e. The Morgan fingerprint density at radius 1 is 1.17 bits per heavy atom. The maximum atomic E-state index is 3.59. The lowest BCUT2D eigenvalue weighted by molar-refractivity contribution is 0.424. The zero-order chi connectivity index (χ0) is 13.5. The molecule has 0 amide bonds. The molecule has 1 aromatic rings. The van der Waals surface area contributed by atoms with Gasteiger partial charge in [-0.15, -0.1) is 0 Å². The largest absolute Gasteiger partial charge is 0.314 e. The fourth-order valence-electron chi connectivity index (χ4n) is 2.29. The topological polar surface area (TPSA) is 12.0 Å². The van der Waals surface area contributed by atoms with Crippen molar-refractivity contribution in [1.82, 2.24) is 5.32 Å². The van der Waals surface area contributed by atoms with E-state index in [9.17, 15) is 0 Å². The van der Waals surface area contributed by atoms with Gasteiger partial charge < -0.3 is 5.32 Å². The minimum absolute atomic E-state index is 0.564. The molecular weight excluding hydrogens is 218 g/mol. The molecule has 1 rings (SSSR count). The summed E-state index contributed by atoms with van der Waals surface area (Å²) in [5.74, 6) is 1.44. The van der Waals surface area contributed by atoms with Gasteiger partial charge in [0.2, 0.25) is 0 Å². The van der Waals surface area contributed by atoms with Gasteiger partial charge in [0.25, 0.3) is 0 Å². The van der Waals surface area contributed by atoms with Crippen LogP contribution in [0.25, 0.3) is 0 Å². The lowest BCUT2D eigenvalue weighted by Crippen LogP contribution is -2.28. The van der Waals surface area contributed by atoms with Gasteiger partial charge >= 0.3 is 0 Å². The highest BCUT2D eigenvalue weighted by Crippen LogP contribution is 2.25. The Bertz CT molecular complexity index is 343. The van der Waals surface area contributed by atoms with Gasteiger partial charge in [-0.1, -0.05) is 63.9 Å². The van der Waals surface area contributed by atoms with Crippen LogP contribution < -0.4 is 5.32 Å². The molecule has 2 atom stereocenters. The third-order valence-electron chi connectivity index (χ3n) is 3.67. The minimum Gasteiger partial charge on any atom is -0.314 e. The summed E-state index contributed by atoms with van der Waals surface area (Å²) in [7, 11) is 0. The Balaban J connectivity index is 2.75. The molecule has 1 nitrogen and oxygen atoms in total. The standard InChI is InChI=1S/C17H29N/c1-6-14(4)10-17(12-18-13(2)3)16-9-7-8-15(5)11-16/h7-9,11,13-14,17-18H,6,10,12H2,1-5H3. The van der Waals surface area contributed by atoms with E-state index in [1.54, 1.807) is 0 Å². The number of hydrogen-bond acceptors (Lipinski definition) is 1. The van der Waals surface area contributed by atoms with Gasteiger partial charge in [0.1, 0.15) is 0 Å². The van der Waals surface area contributed by atoms with Crippen molar-refractivity contribution in [3.63, 3.8) is 0 Å². The molecule has 0 aliphatic rings. The van der Waals surface area contributed by atoms with Crippen LogP contribution >= 0.6 is 0 Å². The first-order chi connectivity index (χ1) is 8.52. The van der Waals surface area contributed by atoms with E-state index in [4.69, 9.17) is 0 Å². The Hall–Kier alpha value is -0.820. The first-order valence-electron chi connectivity index (χ1n) is 7.32. The van der Waals surface area contributed by atoms with Crippen LogP contribution in [0.2, 0.25) is 0 Å². The van der Waals surface area contributed by atoms with Crippen LogP contribution in [0, 0.1) is 12.8 Å². The number of nitrogens with one attached hydrogen (secondary N) is 1. The minimum atomic E-state index is 0.564. The van der Waals surface area contributed by atoms with Crippen molar-refractivity contribution in [3.8, 4) is 0 Å². The van der Waals surface area contributed by atoms with E-state index >= 15 is 0 Å². The van der Waals surface area contributed by atoms with Crippen molar-refractivity contribution >= 4 is 0 Å². The van der Waals surface area contributed by atoms with E-state index < -0.39 is 0 Å². The van der Waals surface area contributed by atoms with Crippen LogP contribution in [-0.4, -0.2) is 12.6 Å². The van der Waals surface area contributed by atoms with E-state index in [1.807, 2.05) is 0 Å². The summed E-state index contributed by atoms with van der Waals surface area (Å²) in [5, 5.41) is 3.59. The zero-order valence-electron chi connectivity index (χ0n) is 12.7. The predicted octanol–water partition coefficient (Wildman–Crippen LogP) is 4.51. The first kappa shape index (κ1) is 15.2. The molecule has 2 unspecified atom stereocenters. The van der Waals surface area contributed by atoms with Crippen LogP contribution in [0.15, 0.2) is 24.3 Å². The van der Waals surface area contributed by atoms with Crippen molar-refractivity contribution in [2.75, 3.05) is 6.54 Å². The molecular formula is C17H29N. The number of rotatable bonds is 7. The molecule has 1 aromatic carbocycles. The first-order valence-corrected chi connectivity index (χ1v) is 7.32. The van der Waals surface area contributed by atoms with Gasteiger partial charge in [-0.3, -0.25) is 0 Å². The van der Waals surface area contributed by atoms with Crippen molar-refractivity contribution in [2.45, 2.75) is 59.4 Å². The summed E-state index contributed by atoms with van der Waals surface area (Å²) in [5.41, 5.74) is 2.86. The molecule has 0 bridgehead atoms. The van der Waals surface area contributed by atoms with E-state index in [1.165, 1.54) is 24.0 Å². The second-order valence-electron chi connectivity index (χ2n) is 5.92. The number of aryl methyl sites for hydroxylation is 1. The number of hydrogen-bond donors (Lipinski definition) is 1. The Labute approximate surface area is 113 Å². The molecule has 0 radical (unpaired) electrons. The maximum absolute atomic E-state index is 3.59. The average molecular weight is 247 g/mol. The van der Waals surface area contributed by atoms with Crippen LogP contribution in [-0.2, 0) is 0 Å². The molecule has 0 aliphatic carbocycles. The van der Waals surface area contributed by atoms with Crippen LogP contribution in [0.1, 0.15) is 57.6 Å². The smallest absolute Gasteiger partial charge is 0.00226 e. The number of benzene rings is 1. The van der Waals surface area contributed by atoms with Gasteiger partial charge in [-0.2, -0.15) is 0 Å². The molecule has 0 saturated heterocycles. The monoisotopic (exact) mass is 247 g/mol. The van der Waals surface area contributed by atoms with Gasteiger partial charge in [0.15, 0.2) is 0 Å². The summed E-state index contributed by atoms with van der Waals surface area (Å²) >= 11 is 0. The SMILES string of the molecule is CCC(C)CC(CNC(C)C)c1cccc(C)c1.